The summed E-state index contributed by atoms with van der Waals surface area (Å²) >= 11 is 0. The van der Waals surface area contributed by atoms with Gasteiger partial charge in [-0.25, -0.2) is 4.79 Å². The zero-order chi connectivity index (χ0) is 20.6. The zero-order valence-electron chi connectivity index (χ0n) is 16.2. The first-order chi connectivity index (χ1) is 12.5. The summed E-state index contributed by atoms with van der Waals surface area (Å²) in [6.07, 6.45) is -0.0957. The van der Waals surface area contributed by atoms with E-state index in [2.05, 4.69) is 10.4 Å². The first-order valence-corrected chi connectivity index (χ1v) is 8.82. The van der Waals surface area contributed by atoms with Crippen molar-refractivity contribution in [2.75, 3.05) is 6.61 Å². The standard InChI is InChI=1S/C17H26N4O6/c1-6-27-12-9-17(15(23)24,16(12,4)5)18-13(22)7-8-20-11(3)14(21(25)26)10(2)19-20/h12H,6-9H2,1-5H3,(H,18,22)(H,23,24). The molecule has 2 unspecified atom stereocenters. The van der Waals surface area contributed by atoms with Gasteiger partial charge < -0.3 is 15.2 Å². The van der Waals surface area contributed by atoms with Crippen molar-refractivity contribution in [3.63, 3.8) is 0 Å². The molecule has 1 saturated carbocycles. The SMILES string of the molecule is CCOC1CC(NC(=O)CCn2nc(C)c([N+](=O)[O-])c2C)(C(=O)O)C1(C)C. The molecule has 0 aliphatic heterocycles. The maximum Gasteiger partial charge on any atom is 0.330 e. The van der Waals surface area contributed by atoms with E-state index in [9.17, 15) is 24.8 Å². The van der Waals surface area contributed by atoms with Crippen molar-refractivity contribution in [2.24, 2.45) is 5.41 Å². The topological polar surface area (TPSA) is 137 Å². The van der Waals surface area contributed by atoms with Crippen molar-refractivity contribution in [1.29, 1.82) is 0 Å². The average Bonchev–Trinajstić information content (AvgIpc) is 2.85. The van der Waals surface area contributed by atoms with Crippen molar-refractivity contribution in [2.45, 2.75) is 65.6 Å². The average molecular weight is 382 g/mol. The summed E-state index contributed by atoms with van der Waals surface area (Å²) in [5, 5.41) is 27.5. The second-order valence-corrected chi connectivity index (χ2v) is 7.38. The number of rotatable bonds is 8. The summed E-state index contributed by atoms with van der Waals surface area (Å²) in [7, 11) is 0. The highest BCUT2D eigenvalue weighted by atomic mass is 16.6. The van der Waals surface area contributed by atoms with E-state index in [1.54, 1.807) is 20.8 Å². The molecule has 10 nitrogen and oxygen atoms in total. The van der Waals surface area contributed by atoms with E-state index >= 15 is 0 Å². The number of hydrogen-bond acceptors (Lipinski definition) is 6. The number of ether oxygens (including phenoxy) is 1. The third-order valence-electron chi connectivity index (χ3n) is 5.56. The van der Waals surface area contributed by atoms with Gasteiger partial charge in [0.15, 0.2) is 0 Å². The minimum atomic E-state index is -1.40. The van der Waals surface area contributed by atoms with Crippen LogP contribution in [0.4, 0.5) is 5.69 Å². The summed E-state index contributed by atoms with van der Waals surface area (Å²) in [4.78, 5) is 34.9. The normalized spacial score (nSPS) is 23.5. The summed E-state index contributed by atoms with van der Waals surface area (Å²) in [6.45, 7) is 9.04. The fourth-order valence-electron chi connectivity index (χ4n) is 3.71. The summed E-state index contributed by atoms with van der Waals surface area (Å²) in [5.41, 5.74) is -1.60. The molecule has 1 aromatic rings. The van der Waals surface area contributed by atoms with Crippen molar-refractivity contribution in [3.8, 4) is 0 Å². The van der Waals surface area contributed by atoms with Gasteiger partial charge in [-0.05, 0) is 20.8 Å². The van der Waals surface area contributed by atoms with E-state index in [1.165, 1.54) is 11.6 Å². The molecule has 2 atom stereocenters. The lowest BCUT2D eigenvalue weighted by Crippen LogP contribution is -2.76. The number of nitrogens with one attached hydrogen (secondary N) is 1. The van der Waals surface area contributed by atoms with Crippen LogP contribution in [0.5, 0.6) is 0 Å². The number of aliphatic carboxylic acids is 1. The maximum atomic E-state index is 12.4. The Morgan fingerprint density at radius 2 is 2.07 bits per heavy atom. The van der Waals surface area contributed by atoms with Gasteiger partial charge in [0, 0.05) is 24.9 Å². The quantitative estimate of drug-likeness (QED) is 0.514. The van der Waals surface area contributed by atoms with Gasteiger partial charge in [0.05, 0.1) is 17.6 Å². The molecule has 1 aliphatic rings. The molecule has 0 saturated heterocycles. The largest absolute Gasteiger partial charge is 0.479 e. The van der Waals surface area contributed by atoms with Gasteiger partial charge in [0.2, 0.25) is 5.91 Å². The smallest absolute Gasteiger partial charge is 0.330 e. The minimum Gasteiger partial charge on any atom is -0.479 e. The van der Waals surface area contributed by atoms with Gasteiger partial charge >= 0.3 is 11.7 Å². The number of carboxylic acid groups (broad SMARTS) is 1. The molecule has 0 spiro atoms. The van der Waals surface area contributed by atoms with Crippen LogP contribution < -0.4 is 5.32 Å². The summed E-state index contributed by atoms with van der Waals surface area (Å²) in [5.74, 6) is -1.55. The second-order valence-electron chi connectivity index (χ2n) is 7.38. The van der Waals surface area contributed by atoms with Gasteiger partial charge in [0.25, 0.3) is 0 Å². The third kappa shape index (κ3) is 3.41. The number of nitro groups is 1. The first kappa shape index (κ1) is 20.8. The highest BCUT2D eigenvalue weighted by Crippen LogP contribution is 2.51. The third-order valence-corrected chi connectivity index (χ3v) is 5.56. The number of amides is 1. The number of carbonyl (C=O) groups is 2. The van der Waals surface area contributed by atoms with E-state index in [0.29, 0.717) is 12.3 Å². The lowest BCUT2D eigenvalue weighted by atomic mass is 9.54. The van der Waals surface area contributed by atoms with Gasteiger partial charge in [-0.1, -0.05) is 13.8 Å². The lowest BCUT2D eigenvalue weighted by molar-refractivity contribution is -0.386. The van der Waals surface area contributed by atoms with Crippen molar-refractivity contribution >= 4 is 17.6 Å². The predicted octanol–water partition coefficient (Wildman–Crippen LogP) is 1.57. The van der Waals surface area contributed by atoms with Crippen LogP contribution in [0.15, 0.2) is 0 Å². The van der Waals surface area contributed by atoms with Gasteiger partial charge in [-0.3, -0.25) is 19.6 Å². The van der Waals surface area contributed by atoms with E-state index in [0.717, 1.165) is 0 Å². The second kappa shape index (κ2) is 7.26. The monoisotopic (exact) mass is 382 g/mol. The molecule has 0 aromatic carbocycles. The molecule has 1 heterocycles. The number of carbonyl (C=O) groups excluding carboxylic acids is 1. The molecule has 2 N–H and O–H groups in total. The molecular formula is C17H26N4O6. The Kier molecular flexibility index (Phi) is 5.60. The van der Waals surface area contributed by atoms with Crippen LogP contribution in [0, 0.1) is 29.4 Å². The Balaban J connectivity index is 2.08. The highest BCUT2D eigenvalue weighted by Gasteiger charge is 2.66. The van der Waals surface area contributed by atoms with Crippen LogP contribution >= 0.6 is 0 Å². The molecule has 1 aromatic heterocycles. The van der Waals surface area contributed by atoms with Gasteiger partial charge in [0.1, 0.15) is 16.9 Å². The Labute approximate surface area is 157 Å². The van der Waals surface area contributed by atoms with Gasteiger partial charge in [-0.15, -0.1) is 0 Å². The van der Waals surface area contributed by atoms with Crippen LogP contribution in [0.3, 0.4) is 0 Å². The van der Waals surface area contributed by atoms with Crippen molar-refractivity contribution in [1.82, 2.24) is 15.1 Å². The zero-order valence-corrected chi connectivity index (χ0v) is 16.2. The number of aryl methyl sites for hydroxylation is 2. The molecule has 27 heavy (non-hydrogen) atoms. The van der Waals surface area contributed by atoms with E-state index in [1.807, 2.05) is 6.92 Å². The number of carboxylic acids is 1. The van der Waals surface area contributed by atoms with E-state index in [-0.39, 0.29) is 36.9 Å². The van der Waals surface area contributed by atoms with E-state index < -0.39 is 27.8 Å². The number of aromatic nitrogens is 2. The Morgan fingerprint density at radius 3 is 2.52 bits per heavy atom. The Hall–Kier alpha value is -2.49. The first-order valence-electron chi connectivity index (χ1n) is 8.82. The van der Waals surface area contributed by atoms with Crippen LogP contribution in [-0.2, 0) is 20.9 Å². The summed E-state index contributed by atoms with van der Waals surface area (Å²) < 4.78 is 6.97. The van der Waals surface area contributed by atoms with Crippen LogP contribution in [-0.4, -0.2) is 49.9 Å². The van der Waals surface area contributed by atoms with Gasteiger partial charge in [-0.2, -0.15) is 5.10 Å². The fraction of sp³-hybridized carbons (Fsp3) is 0.706. The Morgan fingerprint density at radius 1 is 1.44 bits per heavy atom. The van der Waals surface area contributed by atoms with Crippen LogP contribution in [0.25, 0.3) is 0 Å². The minimum absolute atomic E-state index is 0.0382. The predicted molar refractivity (Wildman–Crippen MR) is 95.3 cm³/mol. The molecule has 2 rings (SSSR count). The van der Waals surface area contributed by atoms with Crippen molar-refractivity contribution in [3.05, 3.63) is 21.5 Å². The molecule has 10 heteroatoms. The molecule has 150 valence electrons. The highest BCUT2D eigenvalue weighted by molar-refractivity contribution is 5.89. The van der Waals surface area contributed by atoms with E-state index in [4.69, 9.17) is 4.74 Å². The number of nitrogens with zero attached hydrogens (tertiary/aromatic N) is 3. The lowest BCUT2D eigenvalue weighted by Gasteiger charge is -2.58. The van der Waals surface area contributed by atoms with Crippen LogP contribution in [0.2, 0.25) is 0 Å². The maximum absolute atomic E-state index is 12.4. The summed E-state index contributed by atoms with van der Waals surface area (Å²) in [6, 6.07) is 0. The molecule has 1 amide bonds. The molecule has 1 fully saturated rings. The van der Waals surface area contributed by atoms with Crippen LogP contribution in [0.1, 0.15) is 45.0 Å². The molecular weight excluding hydrogens is 356 g/mol. The molecule has 0 radical (unpaired) electrons. The van der Waals surface area contributed by atoms with Crippen molar-refractivity contribution < 1.29 is 24.4 Å². The number of hydrogen-bond donors (Lipinski definition) is 2. The molecule has 0 bridgehead atoms. The fourth-order valence-corrected chi connectivity index (χ4v) is 3.71. The Bertz CT molecular complexity index is 772. The molecule has 1 aliphatic carbocycles.